The molecule has 1 rings (SSSR count). The molecule has 13 heavy (non-hydrogen) atoms. The number of hydrogen-bond acceptors (Lipinski definition) is 1. The highest BCUT2D eigenvalue weighted by atomic mass is 16.1. The average molecular weight is 180 g/mol. The molecule has 0 aliphatic heterocycles. The van der Waals surface area contributed by atoms with Gasteiger partial charge in [0.15, 0.2) is 0 Å². The molecule has 0 aromatic heterocycles. The second-order valence-corrected chi connectivity index (χ2v) is 4.07. The smallest absolute Gasteiger partial charge is 0.126 e. The quantitative estimate of drug-likeness (QED) is 0.479. The third kappa shape index (κ3) is 3.75. The molecule has 1 aliphatic rings. The molecule has 1 atom stereocenters. The summed E-state index contributed by atoms with van der Waals surface area (Å²) in [6, 6.07) is 0. The van der Waals surface area contributed by atoms with E-state index in [0.29, 0.717) is 0 Å². The van der Waals surface area contributed by atoms with Gasteiger partial charge in [-0.15, -0.1) is 0 Å². The van der Waals surface area contributed by atoms with Gasteiger partial charge in [0.2, 0.25) is 0 Å². The second kappa shape index (κ2) is 5.95. The van der Waals surface area contributed by atoms with Crippen molar-refractivity contribution >= 4 is 6.29 Å². The number of aldehydes is 1. The third-order valence-electron chi connectivity index (χ3n) is 2.94. The van der Waals surface area contributed by atoms with Gasteiger partial charge in [-0.1, -0.05) is 44.3 Å². The Bertz CT molecular complexity index is 166. The van der Waals surface area contributed by atoms with E-state index in [9.17, 15) is 4.79 Å². The fourth-order valence-electron chi connectivity index (χ4n) is 2.23. The number of carbonyl (C=O) groups is 1. The topological polar surface area (TPSA) is 17.1 Å². The molecule has 1 unspecified atom stereocenters. The molecule has 0 N–H and O–H groups in total. The Morgan fingerprint density at radius 2 is 2.00 bits per heavy atom. The first-order chi connectivity index (χ1) is 6.36. The fraction of sp³-hybridized carbons (Fsp3) is 0.750. The SMILES string of the molecule is C/C=C/C(C=O)CC1CCCCC1. The van der Waals surface area contributed by atoms with Crippen molar-refractivity contribution in [2.45, 2.75) is 45.4 Å². The Morgan fingerprint density at radius 3 is 2.54 bits per heavy atom. The summed E-state index contributed by atoms with van der Waals surface area (Å²) in [5.41, 5.74) is 0. The van der Waals surface area contributed by atoms with Gasteiger partial charge in [-0.2, -0.15) is 0 Å². The molecule has 0 aromatic carbocycles. The molecule has 0 amide bonds. The molecule has 0 radical (unpaired) electrons. The first kappa shape index (κ1) is 10.5. The van der Waals surface area contributed by atoms with E-state index >= 15 is 0 Å². The lowest BCUT2D eigenvalue weighted by Gasteiger charge is -2.22. The van der Waals surface area contributed by atoms with Crippen molar-refractivity contribution in [1.29, 1.82) is 0 Å². The van der Waals surface area contributed by atoms with E-state index in [2.05, 4.69) is 0 Å². The summed E-state index contributed by atoms with van der Waals surface area (Å²) < 4.78 is 0. The van der Waals surface area contributed by atoms with Gasteiger partial charge in [-0.3, -0.25) is 0 Å². The summed E-state index contributed by atoms with van der Waals surface area (Å²) in [7, 11) is 0. The van der Waals surface area contributed by atoms with Gasteiger partial charge in [0, 0.05) is 5.92 Å². The van der Waals surface area contributed by atoms with Crippen molar-refractivity contribution < 1.29 is 4.79 Å². The van der Waals surface area contributed by atoms with E-state index in [1.165, 1.54) is 32.1 Å². The molecule has 0 saturated heterocycles. The summed E-state index contributed by atoms with van der Waals surface area (Å²) >= 11 is 0. The maximum absolute atomic E-state index is 10.7. The van der Waals surface area contributed by atoms with Crippen LogP contribution >= 0.6 is 0 Å². The van der Waals surface area contributed by atoms with E-state index in [-0.39, 0.29) is 5.92 Å². The third-order valence-corrected chi connectivity index (χ3v) is 2.94. The predicted molar refractivity (Wildman–Crippen MR) is 55.6 cm³/mol. The summed E-state index contributed by atoms with van der Waals surface area (Å²) in [6.45, 7) is 1.98. The highest BCUT2D eigenvalue weighted by molar-refractivity contribution is 5.56. The average Bonchev–Trinajstić information content (AvgIpc) is 2.19. The van der Waals surface area contributed by atoms with Gasteiger partial charge in [0.1, 0.15) is 6.29 Å². The normalized spacial score (nSPS) is 21.9. The molecule has 0 bridgehead atoms. The molecule has 0 spiro atoms. The molecular formula is C12H20O. The van der Waals surface area contributed by atoms with Crippen molar-refractivity contribution in [2.24, 2.45) is 11.8 Å². The zero-order chi connectivity index (χ0) is 9.52. The number of hydrogen-bond donors (Lipinski definition) is 0. The van der Waals surface area contributed by atoms with Crippen LogP contribution in [0.4, 0.5) is 0 Å². The van der Waals surface area contributed by atoms with Crippen LogP contribution in [0.25, 0.3) is 0 Å². The molecule has 74 valence electrons. The van der Waals surface area contributed by atoms with E-state index < -0.39 is 0 Å². The Labute approximate surface area is 81.2 Å². The maximum Gasteiger partial charge on any atom is 0.126 e. The first-order valence-corrected chi connectivity index (χ1v) is 5.45. The number of rotatable bonds is 4. The van der Waals surface area contributed by atoms with E-state index in [0.717, 1.165) is 18.6 Å². The van der Waals surface area contributed by atoms with Crippen LogP contribution < -0.4 is 0 Å². The van der Waals surface area contributed by atoms with Gasteiger partial charge in [0.05, 0.1) is 0 Å². The Kier molecular flexibility index (Phi) is 4.81. The van der Waals surface area contributed by atoms with Crippen LogP contribution in [-0.2, 0) is 4.79 Å². The lowest BCUT2D eigenvalue weighted by atomic mass is 9.83. The van der Waals surface area contributed by atoms with Crippen LogP contribution in [0.3, 0.4) is 0 Å². The van der Waals surface area contributed by atoms with Crippen LogP contribution in [0.2, 0.25) is 0 Å². The van der Waals surface area contributed by atoms with Crippen LogP contribution in [-0.4, -0.2) is 6.29 Å². The highest BCUT2D eigenvalue weighted by Crippen LogP contribution is 2.28. The van der Waals surface area contributed by atoms with Crippen molar-refractivity contribution in [3.63, 3.8) is 0 Å². The van der Waals surface area contributed by atoms with Crippen LogP contribution in [0.15, 0.2) is 12.2 Å². The number of allylic oxidation sites excluding steroid dienone is 2. The Hall–Kier alpha value is -0.590. The maximum atomic E-state index is 10.7. The van der Waals surface area contributed by atoms with E-state index in [4.69, 9.17) is 0 Å². The van der Waals surface area contributed by atoms with Crippen molar-refractivity contribution in [3.05, 3.63) is 12.2 Å². The molecule has 1 heteroatoms. The second-order valence-electron chi connectivity index (χ2n) is 4.07. The molecule has 1 nitrogen and oxygen atoms in total. The minimum absolute atomic E-state index is 0.174. The molecular weight excluding hydrogens is 160 g/mol. The van der Waals surface area contributed by atoms with E-state index in [1.807, 2.05) is 19.1 Å². The predicted octanol–water partition coefficient (Wildman–Crippen LogP) is 3.35. The molecule has 0 aromatic rings. The monoisotopic (exact) mass is 180 g/mol. The lowest BCUT2D eigenvalue weighted by molar-refractivity contribution is -0.110. The zero-order valence-electron chi connectivity index (χ0n) is 8.54. The van der Waals surface area contributed by atoms with Gasteiger partial charge in [0.25, 0.3) is 0 Å². The standard InChI is InChI=1S/C12H20O/c1-2-6-12(10-13)9-11-7-4-3-5-8-11/h2,6,10-12H,3-5,7-9H2,1H3/b6-2+. The largest absolute Gasteiger partial charge is 0.303 e. The highest BCUT2D eigenvalue weighted by Gasteiger charge is 2.16. The van der Waals surface area contributed by atoms with Crippen molar-refractivity contribution in [2.75, 3.05) is 0 Å². The summed E-state index contributed by atoms with van der Waals surface area (Å²) in [5, 5.41) is 0. The molecule has 0 heterocycles. The minimum atomic E-state index is 0.174. The zero-order valence-corrected chi connectivity index (χ0v) is 8.54. The van der Waals surface area contributed by atoms with Gasteiger partial charge < -0.3 is 4.79 Å². The van der Waals surface area contributed by atoms with Crippen LogP contribution in [0.5, 0.6) is 0 Å². The van der Waals surface area contributed by atoms with Crippen LogP contribution in [0, 0.1) is 11.8 Å². The first-order valence-electron chi connectivity index (χ1n) is 5.45. The summed E-state index contributed by atoms with van der Waals surface area (Å²) in [5.74, 6) is 0.980. The summed E-state index contributed by atoms with van der Waals surface area (Å²) in [6.07, 6.45) is 13.0. The number of carbonyl (C=O) groups excluding carboxylic acids is 1. The minimum Gasteiger partial charge on any atom is -0.303 e. The fourth-order valence-corrected chi connectivity index (χ4v) is 2.23. The van der Waals surface area contributed by atoms with Gasteiger partial charge in [-0.25, -0.2) is 0 Å². The Balaban J connectivity index is 2.31. The van der Waals surface area contributed by atoms with Gasteiger partial charge >= 0.3 is 0 Å². The molecule has 1 saturated carbocycles. The van der Waals surface area contributed by atoms with Gasteiger partial charge in [-0.05, 0) is 19.3 Å². The molecule has 1 aliphatic carbocycles. The van der Waals surface area contributed by atoms with E-state index in [1.54, 1.807) is 0 Å². The summed E-state index contributed by atoms with van der Waals surface area (Å²) in [4.78, 5) is 10.7. The van der Waals surface area contributed by atoms with Crippen molar-refractivity contribution in [1.82, 2.24) is 0 Å². The van der Waals surface area contributed by atoms with Crippen LogP contribution in [0.1, 0.15) is 45.4 Å². The lowest BCUT2D eigenvalue weighted by Crippen LogP contribution is -2.11. The molecule has 1 fully saturated rings. The Morgan fingerprint density at radius 1 is 1.31 bits per heavy atom. The van der Waals surface area contributed by atoms with Crippen molar-refractivity contribution in [3.8, 4) is 0 Å².